The summed E-state index contributed by atoms with van der Waals surface area (Å²) in [6, 6.07) is 6.28. The van der Waals surface area contributed by atoms with Crippen LogP contribution in [0.15, 0.2) is 24.3 Å². The van der Waals surface area contributed by atoms with Crippen LogP contribution in [0.1, 0.15) is 17.3 Å². The van der Waals surface area contributed by atoms with Crippen molar-refractivity contribution < 1.29 is 20.1 Å². The Morgan fingerprint density at radius 1 is 1.13 bits per heavy atom. The Labute approximate surface area is 135 Å². The van der Waals surface area contributed by atoms with Crippen molar-refractivity contribution in [1.29, 1.82) is 0 Å². The molecule has 1 aromatic carbocycles. The second kappa shape index (κ2) is 7.27. The number of aliphatic hydroxyl groups is 3. The number of benzene rings is 1. The third kappa shape index (κ3) is 4.00. The Bertz CT molecular complexity index is 535. The third-order valence-electron chi connectivity index (χ3n) is 4.23. The maximum atomic E-state index is 12.2. The van der Waals surface area contributed by atoms with Crippen LogP contribution in [0.3, 0.4) is 0 Å². The van der Waals surface area contributed by atoms with Crippen LogP contribution in [-0.2, 0) is 0 Å². The highest BCUT2D eigenvalue weighted by Gasteiger charge is 2.40. The van der Waals surface area contributed by atoms with Crippen molar-refractivity contribution in [2.75, 3.05) is 25.5 Å². The number of rotatable bonds is 4. The molecule has 5 N–H and O–H groups in total. The number of carbonyl (C=O) groups is 1. The largest absolute Gasteiger partial charge is 0.389 e. The van der Waals surface area contributed by atoms with E-state index >= 15 is 0 Å². The van der Waals surface area contributed by atoms with Gasteiger partial charge in [-0.1, -0.05) is 0 Å². The molecule has 0 aromatic heterocycles. The van der Waals surface area contributed by atoms with E-state index in [2.05, 4.69) is 10.6 Å². The maximum Gasteiger partial charge on any atom is 0.251 e. The first-order valence-electron chi connectivity index (χ1n) is 7.67. The van der Waals surface area contributed by atoms with Crippen LogP contribution in [0, 0.1) is 0 Å². The lowest BCUT2D eigenvalue weighted by molar-refractivity contribution is -0.109. The van der Waals surface area contributed by atoms with Crippen LogP contribution in [-0.4, -0.2) is 72.3 Å². The topological polar surface area (TPSA) is 105 Å². The first kappa shape index (κ1) is 17.7. The van der Waals surface area contributed by atoms with Crippen molar-refractivity contribution in [3.05, 3.63) is 29.8 Å². The fourth-order valence-electron chi connectivity index (χ4n) is 2.67. The van der Waals surface area contributed by atoms with E-state index in [-0.39, 0.29) is 18.5 Å². The van der Waals surface area contributed by atoms with Crippen molar-refractivity contribution >= 4 is 11.6 Å². The van der Waals surface area contributed by atoms with E-state index in [1.165, 1.54) is 0 Å². The van der Waals surface area contributed by atoms with E-state index in [9.17, 15) is 20.1 Å². The van der Waals surface area contributed by atoms with Crippen LogP contribution in [0.4, 0.5) is 5.69 Å². The van der Waals surface area contributed by atoms with Crippen LogP contribution in [0.25, 0.3) is 0 Å². The summed E-state index contributed by atoms with van der Waals surface area (Å²) in [6.07, 6.45) is -3.40. The number of hydrogen-bond donors (Lipinski definition) is 5. The normalized spacial score (nSPS) is 30.8. The summed E-state index contributed by atoms with van der Waals surface area (Å²) in [4.78, 5) is 14.1. The Hall–Kier alpha value is -1.67. The molecule has 1 aliphatic rings. The average molecular weight is 323 g/mol. The quantitative estimate of drug-likeness (QED) is 0.483. The van der Waals surface area contributed by atoms with E-state index in [0.717, 1.165) is 5.69 Å². The SMILES string of the molecule is C[C@@H]1N[C@H](CNC(=O)c2ccc(N(C)C)cc2)[C@@H](O)[C@H](O)[C@@H]1O. The van der Waals surface area contributed by atoms with Gasteiger partial charge in [0.1, 0.15) is 6.10 Å². The van der Waals surface area contributed by atoms with Gasteiger partial charge in [0.25, 0.3) is 5.91 Å². The highest BCUT2D eigenvalue weighted by atomic mass is 16.4. The van der Waals surface area contributed by atoms with E-state index in [0.29, 0.717) is 5.56 Å². The molecule has 2 rings (SSSR count). The molecule has 0 bridgehead atoms. The highest BCUT2D eigenvalue weighted by molar-refractivity contribution is 5.94. The number of hydrogen-bond acceptors (Lipinski definition) is 6. The van der Waals surface area contributed by atoms with E-state index in [1.807, 2.05) is 31.1 Å². The maximum absolute atomic E-state index is 12.2. The molecular weight excluding hydrogens is 298 g/mol. The molecular formula is C16H25N3O4. The zero-order chi connectivity index (χ0) is 17.1. The van der Waals surface area contributed by atoms with E-state index in [4.69, 9.17) is 0 Å². The van der Waals surface area contributed by atoms with Crippen LogP contribution < -0.4 is 15.5 Å². The van der Waals surface area contributed by atoms with Crippen LogP contribution in [0.5, 0.6) is 0 Å². The monoisotopic (exact) mass is 323 g/mol. The fraction of sp³-hybridized carbons (Fsp3) is 0.562. The number of nitrogens with one attached hydrogen (secondary N) is 2. The lowest BCUT2D eigenvalue weighted by Crippen LogP contribution is -2.66. The van der Waals surface area contributed by atoms with Gasteiger partial charge < -0.3 is 30.9 Å². The minimum absolute atomic E-state index is 0.156. The van der Waals surface area contributed by atoms with E-state index < -0.39 is 24.4 Å². The van der Waals surface area contributed by atoms with Crippen molar-refractivity contribution in [2.45, 2.75) is 37.3 Å². The minimum Gasteiger partial charge on any atom is -0.389 e. The molecule has 1 aromatic rings. The summed E-state index contributed by atoms with van der Waals surface area (Å²) >= 11 is 0. The van der Waals surface area contributed by atoms with Gasteiger partial charge in [0.05, 0.1) is 18.2 Å². The Balaban J connectivity index is 1.93. The summed E-state index contributed by atoms with van der Waals surface area (Å²) < 4.78 is 0. The average Bonchev–Trinajstić information content (AvgIpc) is 2.54. The molecule has 7 heteroatoms. The predicted molar refractivity (Wildman–Crippen MR) is 87.5 cm³/mol. The summed E-state index contributed by atoms with van der Waals surface area (Å²) in [5.41, 5.74) is 1.52. The number of amides is 1. The lowest BCUT2D eigenvalue weighted by Gasteiger charge is -2.40. The van der Waals surface area contributed by atoms with E-state index in [1.54, 1.807) is 19.1 Å². The molecule has 1 saturated heterocycles. The minimum atomic E-state index is -1.23. The molecule has 1 heterocycles. The number of aliphatic hydroxyl groups excluding tert-OH is 3. The Morgan fingerprint density at radius 2 is 1.74 bits per heavy atom. The number of anilines is 1. The first-order valence-corrected chi connectivity index (χ1v) is 7.67. The zero-order valence-electron chi connectivity index (χ0n) is 13.6. The van der Waals surface area contributed by atoms with Gasteiger partial charge >= 0.3 is 0 Å². The standard InChI is InChI=1S/C16H25N3O4/c1-9-13(20)15(22)14(21)12(18-9)8-17-16(23)10-4-6-11(7-5-10)19(2)3/h4-7,9,12-15,18,20-22H,8H2,1-3H3,(H,17,23)/t9-,12+,13+,14+,15+/m0/s1. The van der Waals surface area contributed by atoms with Gasteiger partial charge in [-0.2, -0.15) is 0 Å². The Morgan fingerprint density at radius 3 is 2.30 bits per heavy atom. The van der Waals surface area contributed by atoms with Gasteiger partial charge in [-0.15, -0.1) is 0 Å². The third-order valence-corrected chi connectivity index (χ3v) is 4.23. The molecule has 23 heavy (non-hydrogen) atoms. The second-order valence-electron chi connectivity index (χ2n) is 6.18. The van der Waals surface area contributed by atoms with Crippen LogP contribution >= 0.6 is 0 Å². The molecule has 0 aliphatic carbocycles. The lowest BCUT2D eigenvalue weighted by atomic mass is 9.91. The zero-order valence-corrected chi connectivity index (χ0v) is 13.6. The van der Waals surface area contributed by atoms with Crippen LogP contribution in [0.2, 0.25) is 0 Å². The molecule has 0 radical (unpaired) electrons. The second-order valence-corrected chi connectivity index (χ2v) is 6.18. The molecule has 0 unspecified atom stereocenters. The molecule has 7 nitrogen and oxygen atoms in total. The fourth-order valence-corrected chi connectivity index (χ4v) is 2.67. The molecule has 1 amide bonds. The van der Waals surface area contributed by atoms with Crippen molar-refractivity contribution in [2.24, 2.45) is 0 Å². The predicted octanol–water partition coefficient (Wildman–Crippen LogP) is -1.07. The van der Waals surface area contributed by atoms with Gasteiger partial charge in [-0.05, 0) is 31.2 Å². The van der Waals surface area contributed by atoms with Gasteiger partial charge in [0, 0.05) is 37.9 Å². The summed E-state index contributed by atoms with van der Waals surface area (Å²) in [5.74, 6) is -0.252. The summed E-state index contributed by atoms with van der Waals surface area (Å²) in [7, 11) is 3.85. The van der Waals surface area contributed by atoms with Gasteiger partial charge in [0.2, 0.25) is 0 Å². The Kier molecular flexibility index (Phi) is 5.59. The van der Waals surface area contributed by atoms with Gasteiger partial charge in [0.15, 0.2) is 0 Å². The van der Waals surface area contributed by atoms with Gasteiger partial charge in [-0.3, -0.25) is 4.79 Å². The molecule has 5 atom stereocenters. The summed E-state index contributed by atoms with van der Waals surface area (Å²) in [5, 5.41) is 35.2. The molecule has 1 aliphatic heterocycles. The number of nitrogens with zero attached hydrogens (tertiary/aromatic N) is 1. The highest BCUT2D eigenvalue weighted by Crippen LogP contribution is 2.15. The molecule has 1 fully saturated rings. The summed E-state index contributed by atoms with van der Waals surface area (Å²) in [6.45, 7) is 1.87. The van der Waals surface area contributed by atoms with Crippen molar-refractivity contribution in [1.82, 2.24) is 10.6 Å². The number of carbonyl (C=O) groups excluding carboxylic acids is 1. The molecule has 0 saturated carbocycles. The van der Waals surface area contributed by atoms with Crippen molar-refractivity contribution in [3.8, 4) is 0 Å². The number of piperidine rings is 1. The molecule has 0 spiro atoms. The molecule has 128 valence electrons. The van der Waals surface area contributed by atoms with Crippen molar-refractivity contribution in [3.63, 3.8) is 0 Å². The first-order chi connectivity index (χ1) is 10.8. The van der Waals surface area contributed by atoms with Gasteiger partial charge in [-0.25, -0.2) is 0 Å². The smallest absolute Gasteiger partial charge is 0.251 e.